The van der Waals surface area contributed by atoms with Crippen molar-refractivity contribution < 1.29 is 19.4 Å². The van der Waals surface area contributed by atoms with Gasteiger partial charge >= 0.3 is 0 Å². The molecule has 0 radical (unpaired) electrons. The molecule has 5 rings (SSSR count). The molecule has 1 saturated heterocycles. The summed E-state index contributed by atoms with van der Waals surface area (Å²) in [7, 11) is 3.80. The lowest BCUT2D eigenvalue weighted by molar-refractivity contribution is -0.206. The molecule has 1 saturated carbocycles. The average Bonchev–Trinajstić information content (AvgIpc) is 2.82. The first-order valence-electron chi connectivity index (χ1n) is 11.8. The third-order valence-corrected chi connectivity index (χ3v) is 8.15. The molecule has 5 nitrogen and oxygen atoms in total. The molecule has 5 heteroatoms. The fourth-order valence-corrected chi connectivity index (χ4v) is 6.58. The number of benzene rings is 2. The van der Waals surface area contributed by atoms with Crippen molar-refractivity contribution in [3.8, 4) is 5.75 Å². The lowest BCUT2D eigenvalue weighted by Crippen LogP contribution is -2.77. The van der Waals surface area contributed by atoms with E-state index in [4.69, 9.17) is 9.47 Å². The van der Waals surface area contributed by atoms with Crippen LogP contribution >= 0.6 is 0 Å². The zero-order valence-electron chi connectivity index (χ0n) is 19.0. The van der Waals surface area contributed by atoms with Crippen LogP contribution in [-0.2, 0) is 27.8 Å². The quantitative estimate of drug-likeness (QED) is 0.706. The van der Waals surface area contributed by atoms with Gasteiger partial charge in [-0.1, -0.05) is 36.4 Å². The van der Waals surface area contributed by atoms with E-state index in [-0.39, 0.29) is 11.8 Å². The Morgan fingerprint density at radius 2 is 1.97 bits per heavy atom. The van der Waals surface area contributed by atoms with E-state index < -0.39 is 17.1 Å². The molecule has 170 valence electrons. The second-order valence-electron chi connectivity index (χ2n) is 9.62. The molecule has 2 aliphatic carbocycles. The van der Waals surface area contributed by atoms with Crippen LogP contribution in [0.3, 0.4) is 0 Å². The van der Waals surface area contributed by atoms with Crippen LogP contribution in [-0.4, -0.2) is 60.8 Å². The summed E-state index contributed by atoms with van der Waals surface area (Å²) in [4.78, 5) is 16.2. The van der Waals surface area contributed by atoms with Crippen molar-refractivity contribution in [2.24, 2.45) is 0 Å². The van der Waals surface area contributed by atoms with Gasteiger partial charge in [-0.3, -0.25) is 4.79 Å². The third-order valence-electron chi connectivity index (χ3n) is 8.15. The van der Waals surface area contributed by atoms with Crippen molar-refractivity contribution in [2.45, 2.75) is 61.7 Å². The summed E-state index contributed by atoms with van der Waals surface area (Å²) in [6.45, 7) is 1.42. The summed E-state index contributed by atoms with van der Waals surface area (Å²) in [5.74, 6) is 0.681. The number of fused-ring (bicyclic) bond motifs is 1. The Hall–Kier alpha value is -2.21. The molecule has 2 bridgehead atoms. The van der Waals surface area contributed by atoms with Crippen molar-refractivity contribution >= 4 is 5.78 Å². The van der Waals surface area contributed by atoms with Crippen molar-refractivity contribution in [3.63, 3.8) is 0 Å². The maximum absolute atomic E-state index is 13.8. The fraction of sp³-hybridized carbons (Fsp3) is 0.519. The highest BCUT2D eigenvalue weighted by Crippen LogP contribution is 2.58. The number of Topliss-reactive ketones (excluding diaryl/α,β-unsaturated/α-hetero) is 1. The Balaban J connectivity index is 1.53. The molecule has 2 aromatic rings. The fourth-order valence-electron chi connectivity index (χ4n) is 6.58. The number of aliphatic hydroxyl groups is 1. The molecule has 1 N–H and O–H groups in total. The van der Waals surface area contributed by atoms with Crippen LogP contribution in [0.5, 0.6) is 5.75 Å². The number of ketones is 1. The molecule has 0 aromatic heterocycles. The van der Waals surface area contributed by atoms with Crippen LogP contribution in [0.2, 0.25) is 0 Å². The van der Waals surface area contributed by atoms with E-state index in [1.54, 1.807) is 7.11 Å². The van der Waals surface area contributed by atoms with Crippen LogP contribution in [0.4, 0.5) is 0 Å². The Morgan fingerprint density at radius 3 is 2.75 bits per heavy atom. The number of piperidine rings is 1. The predicted molar refractivity (Wildman–Crippen MR) is 123 cm³/mol. The molecule has 1 heterocycles. The predicted octanol–water partition coefficient (Wildman–Crippen LogP) is 3.31. The summed E-state index contributed by atoms with van der Waals surface area (Å²) >= 11 is 0. The lowest BCUT2D eigenvalue weighted by atomic mass is 9.48. The van der Waals surface area contributed by atoms with Gasteiger partial charge in [-0.25, -0.2) is 0 Å². The minimum absolute atomic E-state index is 0.0703. The highest BCUT2D eigenvalue weighted by molar-refractivity contribution is 5.97. The van der Waals surface area contributed by atoms with Crippen molar-refractivity contribution in [1.82, 2.24) is 4.90 Å². The van der Waals surface area contributed by atoms with E-state index in [0.29, 0.717) is 25.9 Å². The molecular formula is C27H33NO4. The smallest absolute Gasteiger partial charge is 0.174 e. The monoisotopic (exact) mass is 435 g/mol. The summed E-state index contributed by atoms with van der Waals surface area (Å²) < 4.78 is 12.4. The Labute approximate surface area is 190 Å². The number of likely N-dealkylation sites (tertiary alicyclic amines) is 1. The van der Waals surface area contributed by atoms with Crippen LogP contribution in [0.25, 0.3) is 0 Å². The Morgan fingerprint density at radius 1 is 1.16 bits per heavy atom. The number of likely N-dealkylation sites (N-methyl/N-ethyl adjacent to an activating group) is 1. The number of carbonyl (C=O) groups excluding carboxylic acids is 1. The van der Waals surface area contributed by atoms with Gasteiger partial charge in [-0.2, -0.15) is 0 Å². The summed E-state index contributed by atoms with van der Waals surface area (Å²) in [5.41, 5.74) is 2.04. The SMILES string of the molecule is COc1ccc2c(c1)[C@]13CCN(C)[C@H](C2)[C@]1(OCCCc1ccccc1)CCC(O)C3=O. The average molecular weight is 436 g/mol. The number of hydrogen-bond acceptors (Lipinski definition) is 5. The standard InChI is InChI=1S/C27H33NO4/c1-28-15-14-26-22-18-21(31-2)11-10-20(22)17-24(28)27(26,13-12-23(29)25(26)30)32-16-6-9-19-7-4-3-5-8-19/h3-5,7-8,10-11,18,23-24,29H,6,9,12-17H2,1-2H3/t23?,24-,26+,27-/m1/s1. The van der Waals surface area contributed by atoms with E-state index in [2.05, 4.69) is 42.3 Å². The molecule has 2 aromatic carbocycles. The zero-order valence-corrected chi connectivity index (χ0v) is 19.0. The summed E-state index contributed by atoms with van der Waals surface area (Å²) in [5, 5.41) is 10.7. The Bertz CT molecular complexity index is 992. The highest BCUT2D eigenvalue weighted by atomic mass is 16.5. The molecule has 32 heavy (non-hydrogen) atoms. The normalized spacial score (nSPS) is 31.7. The van der Waals surface area contributed by atoms with Gasteiger partial charge in [0.15, 0.2) is 5.78 Å². The van der Waals surface area contributed by atoms with Gasteiger partial charge in [0.25, 0.3) is 0 Å². The highest BCUT2D eigenvalue weighted by Gasteiger charge is 2.69. The van der Waals surface area contributed by atoms with Crippen LogP contribution in [0.1, 0.15) is 42.4 Å². The first-order chi connectivity index (χ1) is 15.5. The van der Waals surface area contributed by atoms with Crippen LogP contribution in [0, 0.1) is 0 Å². The molecule has 0 amide bonds. The molecular weight excluding hydrogens is 402 g/mol. The minimum atomic E-state index is -0.933. The maximum Gasteiger partial charge on any atom is 0.174 e. The summed E-state index contributed by atoms with van der Waals surface area (Å²) in [6, 6.07) is 16.7. The molecule has 1 aliphatic heterocycles. The van der Waals surface area contributed by atoms with E-state index in [1.807, 2.05) is 18.2 Å². The molecule has 2 fully saturated rings. The first-order valence-corrected chi connectivity index (χ1v) is 11.8. The van der Waals surface area contributed by atoms with Gasteiger partial charge in [-0.05, 0) is 80.9 Å². The zero-order chi connectivity index (χ0) is 22.3. The topological polar surface area (TPSA) is 59.0 Å². The van der Waals surface area contributed by atoms with Gasteiger partial charge in [-0.15, -0.1) is 0 Å². The number of hydrogen-bond donors (Lipinski definition) is 1. The maximum atomic E-state index is 13.8. The summed E-state index contributed by atoms with van der Waals surface area (Å²) in [6.07, 6.45) is 3.58. The number of methoxy groups -OCH3 is 1. The number of carbonyl (C=O) groups is 1. The van der Waals surface area contributed by atoms with Gasteiger partial charge in [0, 0.05) is 12.6 Å². The van der Waals surface area contributed by atoms with Crippen molar-refractivity contribution in [3.05, 3.63) is 65.2 Å². The van der Waals surface area contributed by atoms with Gasteiger partial charge in [0.2, 0.25) is 0 Å². The van der Waals surface area contributed by atoms with E-state index in [1.165, 1.54) is 11.1 Å². The second kappa shape index (κ2) is 8.29. The number of aryl methyl sites for hydroxylation is 1. The van der Waals surface area contributed by atoms with Gasteiger partial charge in [0.1, 0.15) is 17.5 Å². The number of ether oxygens (including phenoxy) is 2. The number of rotatable bonds is 6. The largest absolute Gasteiger partial charge is 0.497 e. The Kier molecular flexibility index (Phi) is 5.60. The molecule has 0 spiro atoms. The van der Waals surface area contributed by atoms with E-state index in [0.717, 1.165) is 37.1 Å². The number of nitrogens with zero attached hydrogens (tertiary/aromatic N) is 1. The van der Waals surface area contributed by atoms with Gasteiger partial charge in [0.05, 0.1) is 12.5 Å². The minimum Gasteiger partial charge on any atom is -0.497 e. The van der Waals surface area contributed by atoms with Crippen molar-refractivity contribution in [2.75, 3.05) is 27.3 Å². The lowest BCUT2D eigenvalue weighted by Gasteiger charge is -2.64. The third kappa shape index (κ3) is 3.13. The molecule has 4 atom stereocenters. The first kappa shape index (κ1) is 21.6. The van der Waals surface area contributed by atoms with Crippen LogP contribution < -0.4 is 4.74 Å². The van der Waals surface area contributed by atoms with Crippen molar-refractivity contribution in [1.29, 1.82) is 0 Å². The molecule has 3 aliphatic rings. The van der Waals surface area contributed by atoms with Crippen LogP contribution in [0.15, 0.2) is 48.5 Å². The van der Waals surface area contributed by atoms with E-state index >= 15 is 0 Å². The second-order valence-corrected chi connectivity index (χ2v) is 9.62. The van der Waals surface area contributed by atoms with Gasteiger partial charge < -0.3 is 19.5 Å². The molecule has 1 unspecified atom stereocenters. The number of aliphatic hydroxyl groups excluding tert-OH is 1. The van der Waals surface area contributed by atoms with E-state index in [9.17, 15) is 9.90 Å².